The second-order valence-corrected chi connectivity index (χ2v) is 1.75. The number of hydrogen-bond donors (Lipinski definition) is 0. The lowest BCUT2D eigenvalue weighted by Gasteiger charge is -2.07. The zero-order chi connectivity index (χ0) is 6.53. The summed E-state index contributed by atoms with van der Waals surface area (Å²) in [5.41, 5.74) is 0. The van der Waals surface area contributed by atoms with Crippen molar-refractivity contribution in [3.8, 4) is 0 Å². The summed E-state index contributed by atoms with van der Waals surface area (Å²) in [7, 11) is 0. The van der Waals surface area contributed by atoms with Crippen LogP contribution in [0.15, 0.2) is 29.5 Å². The molecule has 2 nitrogen and oxygen atoms in total. The van der Waals surface area contributed by atoms with E-state index in [9.17, 15) is 0 Å². The van der Waals surface area contributed by atoms with Gasteiger partial charge in [-0.05, 0) is 19.1 Å². The molecule has 1 rings (SSSR count). The molecule has 1 aliphatic heterocycles. The molecule has 0 spiro atoms. The quantitative estimate of drug-likeness (QED) is 0.513. The number of nitrogens with zero attached hydrogens (tertiary/aromatic N) is 2. The first-order valence-electron chi connectivity index (χ1n) is 3.07. The summed E-state index contributed by atoms with van der Waals surface area (Å²) in [6.07, 6.45) is 9.56. The molecule has 0 bridgehead atoms. The van der Waals surface area contributed by atoms with Gasteiger partial charge in [0.05, 0.1) is 0 Å². The van der Waals surface area contributed by atoms with E-state index in [1.807, 2.05) is 29.4 Å². The molecule has 0 aliphatic carbocycles. The van der Waals surface area contributed by atoms with Gasteiger partial charge in [0.25, 0.3) is 0 Å². The molecule has 0 atom stereocenters. The topological polar surface area (TPSA) is 15.6 Å². The van der Waals surface area contributed by atoms with E-state index in [1.54, 1.807) is 6.21 Å². The molecule has 0 aromatic heterocycles. The normalized spacial score (nSPS) is 16.3. The summed E-state index contributed by atoms with van der Waals surface area (Å²) in [5, 5.41) is 5.95. The predicted octanol–water partition coefficient (Wildman–Crippen LogP) is 1.38. The van der Waals surface area contributed by atoms with Crippen LogP contribution < -0.4 is 0 Å². The first-order valence-corrected chi connectivity index (χ1v) is 3.07. The summed E-state index contributed by atoms with van der Waals surface area (Å²) in [5.74, 6) is 0. The van der Waals surface area contributed by atoms with Crippen molar-refractivity contribution in [3.63, 3.8) is 0 Å². The average Bonchev–Trinajstić information content (AvgIpc) is 2.13. The molecular formula is C7H10N2. The van der Waals surface area contributed by atoms with Gasteiger partial charge in [0.15, 0.2) is 0 Å². The number of hydrazone groups is 1. The van der Waals surface area contributed by atoms with Gasteiger partial charge >= 0.3 is 0 Å². The zero-order valence-corrected chi connectivity index (χ0v) is 5.49. The minimum atomic E-state index is 0.925. The Morgan fingerprint density at radius 3 is 3.00 bits per heavy atom. The van der Waals surface area contributed by atoms with Crippen molar-refractivity contribution in [2.24, 2.45) is 5.10 Å². The fourth-order valence-corrected chi connectivity index (χ4v) is 0.613. The van der Waals surface area contributed by atoms with Crippen LogP contribution >= 0.6 is 0 Å². The lowest BCUT2D eigenvalue weighted by molar-refractivity contribution is 0.425. The Hall–Kier alpha value is -1.05. The molecule has 9 heavy (non-hydrogen) atoms. The van der Waals surface area contributed by atoms with Gasteiger partial charge in [0, 0.05) is 19.0 Å². The average molecular weight is 122 g/mol. The van der Waals surface area contributed by atoms with Crippen LogP contribution in [0.5, 0.6) is 0 Å². The van der Waals surface area contributed by atoms with Crippen LogP contribution in [-0.4, -0.2) is 17.8 Å². The van der Waals surface area contributed by atoms with E-state index in [1.165, 1.54) is 0 Å². The Kier molecular flexibility index (Phi) is 2.07. The Morgan fingerprint density at radius 1 is 1.33 bits per heavy atom. The van der Waals surface area contributed by atoms with Crippen molar-refractivity contribution >= 4 is 6.21 Å². The fraction of sp³-hybridized carbons (Fsp3) is 0.286. The minimum absolute atomic E-state index is 0.925. The molecule has 0 radical (unpaired) electrons. The number of hydrogen-bond acceptors (Lipinski definition) is 2. The van der Waals surface area contributed by atoms with Crippen LogP contribution in [0.1, 0.15) is 6.92 Å². The van der Waals surface area contributed by atoms with E-state index in [0.717, 1.165) is 6.54 Å². The lowest BCUT2D eigenvalue weighted by atomic mass is 10.5. The SMILES string of the molecule is CCN1C=CC=CC=N1. The molecule has 0 saturated heterocycles. The summed E-state index contributed by atoms with van der Waals surface area (Å²) < 4.78 is 0. The van der Waals surface area contributed by atoms with Crippen LogP contribution in [0.25, 0.3) is 0 Å². The van der Waals surface area contributed by atoms with E-state index < -0.39 is 0 Å². The molecule has 0 aromatic carbocycles. The largest absolute Gasteiger partial charge is 0.273 e. The van der Waals surface area contributed by atoms with Gasteiger partial charge in [-0.1, -0.05) is 6.08 Å². The highest BCUT2D eigenvalue weighted by Gasteiger charge is 1.87. The van der Waals surface area contributed by atoms with Gasteiger partial charge in [-0.25, -0.2) is 0 Å². The van der Waals surface area contributed by atoms with Crippen LogP contribution in [-0.2, 0) is 0 Å². The predicted molar refractivity (Wildman–Crippen MR) is 39.2 cm³/mol. The molecule has 0 aromatic rings. The molecule has 1 aliphatic rings. The molecule has 2 heteroatoms. The Morgan fingerprint density at radius 2 is 2.22 bits per heavy atom. The van der Waals surface area contributed by atoms with Crippen LogP contribution in [0, 0.1) is 0 Å². The first-order chi connectivity index (χ1) is 4.43. The molecule has 48 valence electrons. The molecule has 0 N–H and O–H groups in total. The van der Waals surface area contributed by atoms with Gasteiger partial charge in [-0.15, -0.1) is 0 Å². The molecule has 0 unspecified atom stereocenters. The Labute approximate surface area is 55.2 Å². The molecule has 0 fully saturated rings. The van der Waals surface area contributed by atoms with Crippen LogP contribution in [0.2, 0.25) is 0 Å². The van der Waals surface area contributed by atoms with E-state index in [2.05, 4.69) is 12.0 Å². The Balaban J connectivity index is 2.58. The van der Waals surface area contributed by atoms with Crippen LogP contribution in [0.4, 0.5) is 0 Å². The van der Waals surface area contributed by atoms with Crippen molar-refractivity contribution < 1.29 is 0 Å². The molecule has 0 saturated carbocycles. The maximum Gasteiger partial charge on any atom is 0.0474 e. The van der Waals surface area contributed by atoms with Crippen LogP contribution in [0.3, 0.4) is 0 Å². The Bertz CT molecular complexity index is 140. The molecular weight excluding hydrogens is 112 g/mol. The standard InChI is InChI=1S/C7H10N2/c1-2-9-7-5-3-4-6-8-9/h3-7H,2H2,1H3. The zero-order valence-electron chi connectivity index (χ0n) is 5.49. The van der Waals surface area contributed by atoms with E-state index >= 15 is 0 Å². The number of allylic oxidation sites excluding steroid dienone is 3. The van der Waals surface area contributed by atoms with Gasteiger partial charge in [0.2, 0.25) is 0 Å². The van der Waals surface area contributed by atoms with E-state index in [0.29, 0.717) is 0 Å². The summed E-state index contributed by atoms with van der Waals surface area (Å²) in [6, 6.07) is 0. The van der Waals surface area contributed by atoms with Gasteiger partial charge in [-0.2, -0.15) is 5.10 Å². The van der Waals surface area contributed by atoms with Crippen molar-refractivity contribution in [1.82, 2.24) is 5.01 Å². The first kappa shape index (κ1) is 6.08. The highest BCUT2D eigenvalue weighted by atomic mass is 15.4. The monoisotopic (exact) mass is 122 g/mol. The molecule has 0 amide bonds. The summed E-state index contributed by atoms with van der Waals surface area (Å²) in [4.78, 5) is 0. The van der Waals surface area contributed by atoms with Gasteiger partial charge < -0.3 is 0 Å². The van der Waals surface area contributed by atoms with E-state index in [4.69, 9.17) is 0 Å². The third-order valence-electron chi connectivity index (χ3n) is 1.11. The van der Waals surface area contributed by atoms with Crippen molar-refractivity contribution in [2.75, 3.05) is 6.54 Å². The second-order valence-electron chi connectivity index (χ2n) is 1.75. The maximum absolute atomic E-state index is 4.08. The van der Waals surface area contributed by atoms with Crippen molar-refractivity contribution in [3.05, 3.63) is 24.4 Å². The highest BCUT2D eigenvalue weighted by Crippen LogP contribution is 1.93. The van der Waals surface area contributed by atoms with Crippen molar-refractivity contribution in [2.45, 2.75) is 6.92 Å². The lowest BCUT2D eigenvalue weighted by Crippen LogP contribution is -2.06. The fourth-order valence-electron chi connectivity index (χ4n) is 0.613. The second kappa shape index (κ2) is 3.07. The van der Waals surface area contributed by atoms with E-state index in [-0.39, 0.29) is 0 Å². The smallest absolute Gasteiger partial charge is 0.0474 e. The minimum Gasteiger partial charge on any atom is -0.273 e. The third kappa shape index (κ3) is 1.72. The van der Waals surface area contributed by atoms with Gasteiger partial charge in [0.1, 0.15) is 0 Å². The highest BCUT2D eigenvalue weighted by molar-refractivity contribution is 5.71. The number of rotatable bonds is 1. The maximum atomic E-state index is 4.08. The summed E-state index contributed by atoms with van der Waals surface area (Å²) in [6.45, 7) is 2.99. The molecule has 1 heterocycles. The van der Waals surface area contributed by atoms with Crippen molar-refractivity contribution in [1.29, 1.82) is 0 Å². The van der Waals surface area contributed by atoms with Gasteiger partial charge in [-0.3, -0.25) is 5.01 Å². The summed E-state index contributed by atoms with van der Waals surface area (Å²) >= 11 is 0. The third-order valence-corrected chi connectivity index (χ3v) is 1.11.